The lowest BCUT2D eigenvalue weighted by molar-refractivity contribution is 0.0874. The largest absolute Gasteiger partial charge is 0.391 e. The Bertz CT molecular complexity index is 1450. The molecule has 2 N–H and O–H groups in total. The molecule has 5 rings (SSSR count). The van der Waals surface area contributed by atoms with Crippen LogP contribution in [0.2, 0.25) is 0 Å². The number of aromatic nitrogens is 5. The van der Waals surface area contributed by atoms with Crippen molar-refractivity contribution in [1.82, 2.24) is 29.2 Å². The maximum absolute atomic E-state index is 15.0. The zero-order valence-corrected chi connectivity index (χ0v) is 18.9. The first-order valence-corrected chi connectivity index (χ1v) is 11.1. The number of imidazole rings is 1. The molecule has 1 fully saturated rings. The van der Waals surface area contributed by atoms with E-state index in [2.05, 4.69) is 15.4 Å². The van der Waals surface area contributed by atoms with Crippen molar-refractivity contribution in [3.63, 3.8) is 0 Å². The van der Waals surface area contributed by atoms with Crippen LogP contribution >= 0.6 is 0 Å². The molecule has 1 saturated carbocycles. The third-order valence-corrected chi connectivity index (χ3v) is 6.38. The number of hydrogen-bond donors (Lipinski definition) is 2. The molecule has 3 heterocycles. The normalized spacial score (nSPS) is 18.0. The summed E-state index contributed by atoms with van der Waals surface area (Å²) < 4.78 is 19.5. The SMILES string of the molecule is Cn1ccc(-c2ccc(Cn3cc(C(=O)N[C@H]4CCC[C@@H]4O)c4ncn(C)c4c3=O)c(F)c2)n1. The van der Waals surface area contributed by atoms with Gasteiger partial charge in [0.15, 0.2) is 0 Å². The second-order valence-corrected chi connectivity index (χ2v) is 8.79. The van der Waals surface area contributed by atoms with E-state index in [1.54, 1.807) is 47.7 Å². The van der Waals surface area contributed by atoms with Crippen LogP contribution in [0.3, 0.4) is 0 Å². The van der Waals surface area contributed by atoms with Gasteiger partial charge in [0.2, 0.25) is 0 Å². The Morgan fingerprint density at radius 3 is 2.76 bits per heavy atom. The van der Waals surface area contributed by atoms with Crippen LogP contribution in [-0.4, -0.2) is 47.1 Å². The van der Waals surface area contributed by atoms with Crippen molar-refractivity contribution < 1.29 is 14.3 Å². The summed E-state index contributed by atoms with van der Waals surface area (Å²) in [5, 5.41) is 17.2. The summed E-state index contributed by atoms with van der Waals surface area (Å²) in [4.78, 5) is 30.5. The molecule has 3 aromatic heterocycles. The Kier molecular flexibility index (Phi) is 5.52. The van der Waals surface area contributed by atoms with Crippen LogP contribution in [0.25, 0.3) is 22.3 Å². The number of carbonyl (C=O) groups excluding carboxylic acids is 1. The summed E-state index contributed by atoms with van der Waals surface area (Å²) in [6, 6.07) is 6.21. The van der Waals surface area contributed by atoms with E-state index in [0.29, 0.717) is 29.7 Å². The zero-order chi connectivity index (χ0) is 24.0. The molecule has 2 atom stereocenters. The highest BCUT2D eigenvalue weighted by Gasteiger charge is 2.28. The lowest BCUT2D eigenvalue weighted by Gasteiger charge is -2.17. The molecule has 176 valence electrons. The number of aliphatic hydroxyl groups excluding tert-OH is 1. The number of nitrogens with zero attached hydrogens (tertiary/aromatic N) is 5. The molecule has 4 aromatic rings. The van der Waals surface area contributed by atoms with Crippen molar-refractivity contribution in [2.75, 3.05) is 0 Å². The quantitative estimate of drug-likeness (QED) is 0.470. The highest BCUT2D eigenvalue weighted by Crippen LogP contribution is 2.23. The van der Waals surface area contributed by atoms with Gasteiger partial charge in [0.25, 0.3) is 11.5 Å². The number of benzene rings is 1. The van der Waals surface area contributed by atoms with Gasteiger partial charge in [-0.3, -0.25) is 14.3 Å². The monoisotopic (exact) mass is 464 g/mol. The smallest absolute Gasteiger partial charge is 0.277 e. The standard InChI is InChI=1S/C24H25FN6O3/c1-29-13-26-21-16(23(33)27-19-4-3-5-20(19)32)12-31(24(34)22(21)29)11-15-7-6-14(10-17(15)25)18-8-9-30(2)28-18/h6-10,12-13,19-20,32H,3-5,11H2,1-2H3,(H,27,33)/t19-,20-/m0/s1. The van der Waals surface area contributed by atoms with Gasteiger partial charge in [-0.05, 0) is 31.4 Å². The van der Waals surface area contributed by atoms with Gasteiger partial charge < -0.3 is 19.6 Å². The lowest BCUT2D eigenvalue weighted by Crippen LogP contribution is -2.40. The summed E-state index contributed by atoms with van der Waals surface area (Å²) in [5.74, 6) is -0.894. The summed E-state index contributed by atoms with van der Waals surface area (Å²) in [6.45, 7) is -0.0549. The van der Waals surface area contributed by atoms with E-state index >= 15 is 0 Å². The van der Waals surface area contributed by atoms with Crippen molar-refractivity contribution in [3.05, 3.63) is 70.3 Å². The minimum absolute atomic E-state index is 0.0549. The second-order valence-electron chi connectivity index (χ2n) is 8.79. The molecule has 0 radical (unpaired) electrons. The maximum atomic E-state index is 15.0. The van der Waals surface area contributed by atoms with E-state index in [1.807, 2.05) is 0 Å². The van der Waals surface area contributed by atoms with Crippen LogP contribution in [0.1, 0.15) is 35.2 Å². The number of aryl methyl sites for hydroxylation is 2. The third-order valence-electron chi connectivity index (χ3n) is 6.38. The Hall–Kier alpha value is -3.79. The lowest BCUT2D eigenvalue weighted by atomic mass is 10.1. The molecule has 1 aromatic carbocycles. The number of nitrogens with one attached hydrogen (secondary N) is 1. The molecule has 34 heavy (non-hydrogen) atoms. The number of rotatable bonds is 5. The molecule has 0 bridgehead atoms. The van der Waals surface area contributed by atoms with E-state index in [0.717, 1.165) is 6.42 Å². The van der Waals surface area contributed by atoms with Crippen molar-refractivity contribution in [1.29, 1.82) is 0 Å². The molecular weight excluding hydrogens is 439 g/mol. The first-order chi connectivity index (χ1) is 16.3. The van der Waals surface area contributed by atoms with Gasteiger partial charge in [0.1, 0.15) is 16.9 Å². The predicted octanol–water partition coefficient (Wildman–Crippen LogP) is 1.97. The molecular formula is C24H25FN6O3. The van der Waals surface area contributed by atoms with E-state index in [1.165, 1.54) is 23.2 Å². The summed E-state index contributed by atoms with van der Waals surface area (Å²) in [6.07, 6.45) is 6.23. The van der Waals surface area contributed by atoms with Crippen molar-refractivity contribution in [2.24, 2.45) is 14.1 Å². The molecule has 1 amide bonds. The molecule has 1 aliphatic carbocycles. The minimum atomic E-state index is -0.596. The van der Waals surface area contributed by atoms with Gasteiger partial charge in [-0.25, -0.2) is 9.37 Å². The van der Waals surface area contributed by atoms with Crippen molar-refractivity contribution in [2.45, 2.75) is 38.0 Å². The van der Waals surface area contributed by atoms with Gasteiger partial charge in [0.05, 0.1) is 36.3 Å². The molecule has 0 saturated heterocycles. The van der Waals surface area contributed by atoms with Gasteiger partial charge >= 0.3 is 0 Å². The summed E-state index contributed by atoms with van der Waals surface area (Å²) >= 11 is 0. The minimum Gasteiger partial charge on any atom is -0.391 e. The molecule has 10 heteroatoms. The fourth-order valence-corrected chi connectivity index (χ4v) is 4.52. The topological polar surface area (TPSA) is 107 Å². The molecule has 1 aliphatic rings. The van der Waals surface area contributed by atoms with Crippen LogP contribution in [-0.2, 0) is 20.6 Å². The number of fused-ring (bicyclic) bond motifs is 1. The summed E-state index contributed by atoms with van der Waals surface area (Å²) in [5.41, 5.74) is 1.95. The Morgan fingerprint density at radius 2 is 2.09 bits per heavy atom. The molecule has 9 nitrogen and oxygen atoms in total. The van der Waals surface area contributed by atoms with E-state index in [9.17, 15) is 19.1 Å². The van der Waals surface area contributed by atoms with Gasteiger partial charge in [-0.1, -0.05) is 12.1 Å². The van der Waals surface area contributed by atoms with Crippen LogP contribution in [0.5, 0.6) is 0 Å². The van der Waals surface area contributed by atoms with E-state index < -0.39 is 17.8 Å². The van der Waals surface area contributed by atoms with Gasteiger partial charge in [0, 0.05) is 37.6 Å². The van der Waals surface area contributed by atoms with Crippen LogP contribution in [0.4, 0.5) is 4.39 Å². The Balaban J connectivity index is 1.51. The summed E-state index contributed by atoms with van der Waals surface area (Å²) in [7, 11) is 3.46. The van der Waals surface area contributed by atoms with Crippen molar-refractivity contribution in [3.8, 4) is 11.3 Å². The average Bonchev–Trinajstić information content (AvgIpc) is 3.52. The highest BCUT2D eigenvalue weighted by molar-refractivity contribution is 6.04. The fraction of sp³-hybridized carbons (Fsp3) is 0.333. The molecule has 0 spiro atoms. The van der Waals surface area contributed by atoms with E-state index in [-0.39, 0.29) is 34.7 Å². The third kappa shape index (κ3) is 3.90. The van der Waals surface area contributed by atoms with Crippen LogP contribution in [0, 0.1) is 5.82 Å². The molecule has 0 aliphatic heterocycles. The molecule has 0 unspecified atom stereocenters. The first-order valence-electron chi connectivity index (χ1n) is 11.1. The van der Waals surface area contributed by atoms with Crippen LogP contribution in [0.15, 0.2) is 47.8 Å². The van der Waals surface area contributed by atoms with Gasteiger partial charge in [-0.2, -0.15) is 5.10 Å². The zero-order valence-electron chi connectivity index (χ0n) is 18.9. The first kappa shape index (κ1) is 22.0. The number of pyridine rings is 1. The Labute approximate surface area is 194 Å². The number of hydrogen-bond acceptors (Lipinski definition) is 5. The fourth-order valence-electron chi connectivity index (χ4n) is 4.52. The highest BCUT2D eigenvalue weighted by atomic mass is 19.1. The van der Waals surface area contributed by atoms with Crippen LogP contribution < -0.4 is 10.9 Å². The maximum Gasteiger partial charge on any atom is 0.277 e. The van der Waals surface area contributed by atoms with E-state index in [4.69, 9.17) is 0 Å². The number of amides is 1. The van der Waals surface area contributed by atoms with Gasteiger partial charge in [-0.15, -0.1) is 0 Å². The number of carbonyl (C=O) groups is 1. The Morgan fingerprint density at radius 1 is 1.26 bits per heavy atom. The number of halogens is 1. The average molecular weight is 465 g/mol. The second kappa shape index (κ2) is 8.53. The van der Waals surface area contributed by atoms with Crippen molar-refractivity contribution >= 4 is 16.9 Å². The predicted molar refractivity (Wildman–Crippen MR) is 124 cm³/mol. The number of aliphatic hydroxyl groups is 1.